The second-order valence-corrected chi connectivity index (χ2v) is 9.14. The van der Waals surface area contributed by atoms with Crippen LogP contribution < -0.4 is 5.32 Å². The topological polar surface area (TPSA) is 24.5 Å². The molecule has 2 aliphatic rings. The Morgan fingerprint density at radius 3 is 2.38 bits per heavy atom. The van der Waals surface area contributed by atoms with Crippen LogP contribution in [0.25, 0.3) is 0 Å². The molecule has 3 atom stereocenters. The number of hydrogen-bond donors (Lipinski definition) is 1. The maximum atomic E-state index is 6.25. The molecular weight excluding hydrogens is 260 g/mol. The summed E-state index contributed by atoms with van der Waals surface area (Å²) in [5, 5.41) is 3.79. The second kappa shape index (κ2) is 5.82. The third kappa shape index (κ3) is 4.20. The van der Waals surface area contributed by atoms with Gasteiger partial charge in [-0.3, -0.25) is 4.90 Å². The van der Waals surface area contributed by atoms with Crippen LogP contribution in [0.15, 0.2) is 0 Å². The van der Waals surface area contributed by atoms with Crippen molar-refractivity contribution in [2.24, 2.45) is 5.41 Å². The number of ether oxygens (including phenoxy) is 1. The van der Waals surface area contributed by atoms with Crippen LogP contribution in [0.4, 0.5) is 0 Å². The van der Waals surface area contributed by atoms with Crippen molar-refractivity contribution in [2.75, 3.05) is 19.6 Å². The zero-order valence-electron chi connectivity index (χ0n) is 15.3. The van der Waals surface area contributed by atoms with Gasteiger partial charge in [-0.1, -0.05) is 27.7 Å². The Morgan fingerprint density at radius 1 is 1.24 bits per heavy atom. The fourth-order valence-corrected chi connectivity index (χ4v) is 3.84. The van der Waals surface area contributed by atoms with Gasteiger partial charge in [-0.15, -0.1) is 0 Å². The Morgan fingerprint density at radius 2 is 1.90 bits per heavy atom. The number of hydrogen-bond acceptors (Lipinski definition) is 3. The molecule has 0 aromatic carbocycles. The first-order chi connectivity index (χ1) is 9.55. The standard InChI is InChI=1S/C18H36N2O/c1-8-18(7)13-20(15(11-19-18)16(2,3)4)12-14-9-10-17(5,6)21-14/h14-15,19H,8-13H2,1-7H3. The number of nitrogens with zero attached hydrogens (tertiary/aromatic N) is 1. The van der Waals surface area contributed by atoms with Crippen molar-refractivity contribution < 1.29 is 4.74 Å². The molecule has 2 fully saturated rings. The predicted molar refractivity (Wildman–Crippen MR) is 89.7 cm³/mol. The largest absolute Gasteiger partial charge is 0.371 e. The average molecular weight is 296 g/mol. The van der Waals surface area contributed by atoms with E-state index in [1.54, 1.807) is 0 Å². The molecule has 0 spiro atoms. The van der Waals surface area contributed by atoms with Gasteiger partial charge >= 0.3 is 0 Å². The van der Waals surface area contributed by atoms with Crippen molar-refractivity contribution in [3.63, 3.8) is 0 Å². The highest BCUT2D eigenvalue weighted by Gasteiger charge is 2.42. The molecule has 2 saturated heterocycles. The van der Waals surface area contributed by atoms with Gasteiger partial charge in [-0.05, 0) is 45.4 Å². The first-order valence-electron chi connectivity index (χ1n) is 8.72. The van der Waals surface area contributed by atoms with E-state index in [1.807, 2.05) is 0 Å². The van der Waals surface area contributed by atoms with E-state index in [0.29, 0.717) is 17.6 Å². The number of nitrogens with one attached hydrogen (secondary N) is 1. The quantitative estimate of drug-likeness (QED) is 0.863. The van der Waals surface area contributed by atoms with Gasteiger partial charge in [0, 0.05) is 31.2 Å². The molecule has 21 heavy (non-hydrogen) atoms. The van der Waals surface area contributed by atoms with Gasteiger partial charge in [0.05, 0.1) is 11.7 Å². The van der Waals surface area contributed by atoms with Crippen molar-refractivity contribution in [3.8, 4) is 0 Å². The fraction of sp³-hybridized carbons (Fsp3) is 1.00. The summed E-state index contributed by atoms with van der Waals surface area (Å²) in [5.41, 5.74) is 0.621. The lowest BCUT2D eigenvalue weighted by atomic mass is 9.81. The molecule has 2 rings (SSSR count). The van der Waals surface area contributed by atoms with Gasteiger partial charge in [-0.2, -0.15) is 0 Å². The highest BCUT2D eigenvalue weighted by molar-refractivity contribution is 4.99. The third-order valence-electron chi connectivity index (χ3n) is 5.49. The molecule has 1 N–H and O–H groups in total. The van der Waals surface area contributed by atoms with Crippen molar-refractivity contribution >= 4 is 0 Å². The minimum absolute atomic E-state index is 0.0734. The molecule has 0 amide bonds. The minimum Gasteiger partial charge on any atom is -0.371 e. The van der Waals surface area contributed by atoms with E-state index < -0.39 is 0 Å². The molecule has 3 nitrogen and oxygen atoms in total. The Hall–Kier alpha value is -0.120. The minimum atomic E-state index is 0.0734. The van der Waals surface area contributed by atoms with Gasteiger partial charge in [-0.25, -0.2) is 0 Å². The van der Waals surface area contributed by atoms with Crippen LogP contribution in [0.1, 0.15) is 67.7 Å². The number of piperazine rings is 1. The maximum Gasteiger partial charge on any atom is 0.0710 e. The lowest BCUT2D eigenvalue weighted by molar-refractivity contribution is -0.0551. The summed E-state index contributed by atoms with van der Waals surface area (Å²) in [6, 6.07) is 0.587. The first-order valence-corrected chi connectivity index (χ1v) is 8.72. The van der Waals surface area contributed by atoms with Gasteiger partial charge in [0.25, 0.3) is 0 Å². The zero-order valence-corrected chi connectivity index (χ0v) is 15.3. The fourth-order valence-electron chi connectivity index (χ4n) is 3.84. The first kappa shape index (κ1) is 17.2. The van der Waals surface area contributed by atoms with Crippen molar-refractivity contribution in [1.82, 2.24) is 10.2 Å². The summed E-state index contributed by atoms with van der Waals surface area (Å²) < 4.78 is 6.25. The van der Waals surface area contributed by atoms with E-state index in [9.17, 15) is 0 Å². The monoisotopic (exact) mass is 296 g/mol. The molecule has 0 aromatic heterocycles. The average Bonchev–Trinajstić information content (AvgIpc) is 2.67. The van der Waals surface area contributed by atoms with Gasteiger partial charge in [0.15, 0.2) is 0 Å². The molecule has 124 valence electrons. The van der Waals surface area contributed by atoms with Gasteiger partial charge < -0.3 is 10.1 Å². The van der Waals surface area contributed by atoms with Crippen molar-refractivity contribution in [1.29, 1.82) is 0 Å². The number of rotatable bonds is 3. The molecule has 3 heteroatoms. The summed E-state index contributed by atoms with van der Waals surface area (Å²) in [5.74, 6) is 0. The molecule has 0 saturated carbocycles. The summed E-state index contributed by atoms with van der Waals surface area (Å²) in [7, 11) is 0. The predicted octanol–water partition coefficient (Wildman–Crippen LogP) is 3.43. The van der Waals surface area contributed by atoms with E-state index >= 15 is 0 Å². The van der Waals surface area contributed by atoms with E-state index in [-0.39, 0.29) is 11.1 Å². The molecule has 0 aromatic rings. The smallest absolute Gasteiger partial charge is 0.0710 e. The van der Waals surface area contributed by atoms with E-state index in [0.717, 1.165) is 19.6 Å². The molecule has 2 heterocycles. The Labute approximate surface area is 131 Å². The van der Waals surface area contributed by atoms with Crippen LogP contribution in [0.3, 0.4) is 0 Å². The third-order valence-corrected chi connectivity index (χ3v) is 5.49. The summed E-state index contributed by atoms with van der Waals surface area (Å²) in [6.07, 6.45) is 3.98. The highest BCUT2D eigenvalue weighted by atomic mass is 16.5. The van der Waals surface area contributed by atoms with Crippen molar-refractivity contribution in [3.05, 3.63) is 0 Å². The van der Waals surface area contributed by atoms with E-state index in [4.69, 9.17) is 4.74 Å². The van der Waals surface area contributed by atoms with Gasteiger partial charge in [0.2, 0.25) is 0 Å². The summed E-state index contributed by atoms with van der Waals surface area (Å²) in [6.45, 7) is 19.5. The van der Waals surface area contributed by atoms with Crippen LogP contribution in [-0.4, -0.2) is 47.8 Å². The Kier molecular flexibility index (Phi) is 4.78. The molecule has 3 unspecified atom stereocenters. The van der Waals surface area contributed by atoms with Crippen LogP contribution in [0, 0.1) is 5.41 Å². The van der Waals surface area contributed by atoms with Crippen LogP contribution in [0.5, 0.6) is 0 Å². The Bertz CT molecular complexity index is 361. The molecule has 0 bridgehead atoms. The van der Waals surface area contributed by atoms with Gasteiger partial charge in [0.1, 0.15) is 0 Å². The molecule has 2 aliphatic heterocycles. The summed E-state index contributed by atoms with van der Waals surface area (Å²) in [4.78, 5) is 2.70. The van der Waals surface area contributed by atoms with E-state index in [1.165, 1.54) is 19.3 Å². The van der Waals surface area contributed by atoms with E-state index in [2.05, 4.69) is 58.7 Å². The lowest BCUT2D eigenvalue weighted by Crippen LogP contribution is -2.66. The second-order valence-electron chi connectivity index (χ2n) is 9.14. The molecule has 0 radical (unpaired) electrons. The maximum absolute atomic E-state index is 6.25. The molecule has 0 aliphatic carbocycles. The zero-order chi connectivity index (χ0) is 15.9. The lowest BCUT2D eigenvalue weighted by Gasteiger charge is -2.51. The van der Waals surface area contributed by atoms with Crippen LogP contribution in [-0.2, 0) is 4.74 Å². The normalized spacial score (nSPS) is 37.9. The SMILES string of the molecule is CCC1(C)CN(CC2CCC(C)(C)O2)C(C(C)(C)C)CN1. The van der Waals surface area contributed by atoms with Crippen LogP contribution >= 0.6 is 0 Å². The Balaban J connectivity index is 2.07. The molecular formula is C18H36N2O. The summed E-state index contributed by atoms with van der Waals surface area (Å²) >= 11 is 0. The van der Waals surface area contributed by atoms with Crippen LogP contribution in [0.2, 0.25) is 0 Å². The highest BCUT2D eigenvalue weighted by Crippen LogP contribution is 2.34. The van der Waals surface area contributed by atoms with Crippen molar-refractivity contribution in [2.45, 2.75) is 91.0 Å².